The van der Waals surface area contributed by atoms with Gasteiger partial charge in [0, 0.05) is 17.1 Å². The maximum absolute atomic E-state index is 14.1. The molecule has 0 spiro atoms. The van der Waals surface area contributed by atoms with Crippen LogP contribution in [0, 0.1) is 5.82 Å². The Labute approximate surface area is 130 Å². The van der Waals surface area contributed by atoms with Crippen molar-refractivity contribution in [3.05, 3.63) is 58.8 Å². The maximum atomic E-state index is 14.1. The van der Waals surface area contributed by atoms with Crippen LogP contribution in [0.4, 0.5) is 10.2 Å². The smallest absolute Gasteiger partial charge is 0.132 e. The molecule has 3 rings (SSSR count). The summed E-state index contributed by atoms with van der Waals surface area (Å²) >= 11 is 3.40. The van der Waals surface area contributed by atoms with E-state index in [1.165, 1.54) is 6.07 Å². The number of benzene rings is 2. The average Bonchev–Trinajstić information content (AvgIpc) is 2.76. The normalized spacial score (nSPS) is 10.8. The Balaban J connectivity index is 2.26. The third-order valence-electron chi connectivity index (χ3n) is 3.35. The summed E-state index contributed by atoms with van der Waals surface area (Å²) in [4.78, 5) is 0. The number of hydrogen-bond acceptors (Lipinski definition) is 2. The van der Waals surface area contributed by atoms with E-state index in [1.54, 1.807) is 29.9 Å². The molecule has 0 bridgehead atoms. The summed E-state index contributed by atoms with van der Waals surface area (Å²) in [6, 6.07) is 14.3. The second-order valence-electron chi connectivity index (χ2n) is 4.72. The molecule has 2 N–H and O–H groups in total. The highest BCUT2D eigenvalue weighted by Gasteiger charge is 2.19. The van der Waals surface area contributed by atoms with E-state index in [-0.39, 0.29) is 5.82 Å². The summed E-state index contributed by atoms with van der Waals surface area (Å²) in [7, 11) is 1.75. The van der Waals surface area contributed by atoms with E-state index >= 15 is 0 Å². The average molecular weight is 346 g/mol. The Morgan fingerprint density at radius 1 is 1.10 bits per heavy atom. The zero-order valence-corrected chi connectivity index (χ0v) is 12.9. The van der Waals surface area contributed by atoms with E-state index < -0.39 is 0 Å². The van der Waals surface area contributed by atoms with E-state index in [1.807, 2.05) is 24.3 Å². The van der Waals surface area contributed by atoms with E-state index in [0.717, 1.165) is 15.6 Å². The van der Waals surface area contributed by atoms with Gasteiger partial charge in [-0.15, -0.1) is 0 Å². The maximum Gasteiger partial charge on any atom is 0.132 e. The number of nitrogen functional groups attached to an aromatic ring is 1. The first-order chi connectivity index (χ1) is 10.1. The molecule has 1 aromatic heterocycles. The van der Waals surface area contributed by atoms with Gasteiger partial charge in [0.2, 0.25) is 0 Å². The second-order valence-corrected chi connectivity index (χ2v) is 5.63. The third-order valence-corrected chi connectivity index (χ3v) is 3.88. The molecule has 0 aliphatic rings. The van der Waals surface area contributed by atoms with Crippen LogP contribution in [0.25, 0.3) is 22.4 Å². The van der Waals surface area contributed by atoms with Gasteiger partial charge in [-0.3, -0.25) is 4.68 Å². The SMILES string of the molecule is Cn1nc(-c2ccccc2F)c(-c2ccc(Br)cc2)c1N. The Morgan fingerprint density at radius 3 is 2.43 bits per heavy atom. The Bertz CT molecular complexity index is 794. The Hall–Kier alpha value is -2.14. The fraction of sp³-hybridized carbons (Fsp3) is 0.0625. The van der Waals surface area contributed by atoms with E-state index in [0.29, 0.717) is 17.1 Å². The quantitative estimate of drug-likeness (QED) is 0.754. The largest absolute Gasteiger partial charge is 0.383 e. The molecule has 106 valence electrons. The van der Waals surface area contributed by atoms with Gasteiger partial charge >= 0.3 is 0 Å². The van der Waals surface area contributed by atoms with Gasteiger partial charge in [0.25, 0.3) is 0 Å². The molecular formula is C16H13BrFN3. The van der Waals surface area contributed by atoms with Crippen molar-refractivity contribution in [3.63, 3.8) is 0 Å². The minimum atomic E-state index is -0.311. The van der Waals surface area contributed by atoms with Gasteiger partial charge in [0.15, 0.2) is 0 Å². The van der Waals surface area contributed by atoms with Crippen LogP contribution in [-0.4, -0.2) is 9.78 Å². The molecule has 2 aromatic carbocycles. The minimum Gasteiger partial charge on any atom is -0.383 e. The monoisotopic (exact) mass is 345 g/mol. The lowest BCUT2D eigenvalue weighted by Crippen LogP contribution is -1.97. The van der Waals surface area contributed by atoms with Crippen molar-refractivity contribution in [2.75, 3.05) is 5.73 Å². The molecule has 3 nitrogen and oxygen atoms in total. The highest BCUT2D eigenvalue weighted by atomic mass is 79.9. The molecule has 0 aliphatic heterocycles. The zero-order valence-electron chi connectivity index (χ0n) is 11.3. The van der Waals surface area contributed by atoms with Crippen LogP contribution in [0.2, 0.25) is 0 Å². The van der Waals surface area contributed by atoms with Gasteiger partial charge in [-0.05, 0) is 29.8 Å². The number of aryl methyl sites for hydroxylation is 1. The Kier molecular flexibility index (Phi) is 3.51. The summed E-state index contributed by atoms with van der Waals surface area (Å²) < 4.78 is 16.6. The van der Waals surface area contributed by atoms with Crippen LogP contribution in [0.5, 0.6) is 0 Å². The van der Waals surface area contributed by atoms with Crippen LogP contribution in [0.1, 0.15) is 0 Å². The molecule has 0 atom stereocenters. The fourth-order valence-electron chi connectivity index (χ4n) is 2.28. The first kappa shape index (κ1) is 13.8. The first-order valence-corrected chi connectivity index (χ1v) is 7.20. The van der Waals surface area contributed by atoms with Crippen LogP contribution < -0.4 is 5.73 Å². The number of rotatable bonds is 2. The van der Waals surface area contributed by atoms with Crippen molar-refractivity contribution < 1.29 is 4.39 Å². The van der Waals surface area contributed by atoms with Crippen LogP contribution in [0.3, 0.4) is 0 Å². The highest BCUT2D eigenvalue weighted by Crippen LogP contribution is 2.37. The summed E-state index contributed by atoms with van der Waals surface area (Å²) in [6.07, 6.45) is 0. The summed E-state index contributed by atoms with van der Waals surface area (Å²) in [6.45, 7) is 0. The molecule has 0 amide bonds. The molecule has 0 fully saturated rings. The molecule has 0 saturated carbocycles. The van der Waals surface area contributed by atoms with Gasteiger partial charge in [0.1, 0.15) is 17.3 Å². The lowest BCUT2D eigenvalue weighted by molar-refractivity contribution is 0.630. The van der Waals surface area contributed by atoms with Crippen LogP contribution in [0.15, 0.2) is 53.0 Å². The lowest BCUT2D eigenvalue weighted by Gasteiger charge is -2.05. The van der Waals surface area contributed by atoms with Gasteiger partial charge in [0.05, 0.1) is 5.56 Å². The molecule has 5 heteroatoms. The number of hydrogen-bond donors (Lipinski definition) is 1. The van der Waals surface area contributed by atoms with Gasteiger partial charge in [-0.25, -0.2) is 4.39 Å². The molecule has 21 heavy (non-hydrogen) atoms. The van der Waals surface area contributed by atoms with Crippen molar-refractivity contribution in [1.29, 1.82) is 0 Å². The van der Waals surface area contributed by atoms with Gasteiger partial charge < -0.3 is 5.73 Å². The summed E-state index contributed by atoms with van der Waals surface area (Å²) in [5.74, 6) is 0.199. The van der Waals surface area contributed by atoms with Crippen molar-refractivity contribution in [3.8, 4) is 22.4 Å². The second kappa shape index (κ2) is 5.33. The summed E-state index contributed by atoms with van der Waals surface area (Å²) in [5.41, 5.74) is 8.78. The van der Waals surface area contributed by atoms with E-state index in [2.05, 4.69) is 21.0 Å². The van der Waals surface area contributed by atoms with Crippen LogP contribution >= 0.6 is 15.9 Å². The molecule has 0 aliphatic carbocycles. The van der Waals surface area contributed by atoms with Crippen molar-refractivity contribution in [2.45, 2.75) is 0 Å². The zero-order chi connectivity index (χ0) is 15.0. The van der Waals surface area contributed by atoms with Gasteiger partial charge in [-0.1, -0.05) is 40.2 Å². The van der Waals surface area contributed by atoms with Crippen molar-refractivity contribution in [1.82, 2.24) is 9.78 Å². The predicted molar refractivity (Wildman–Crippen MR) is 86.2 cm³/mol. The minimum absolute atomic E-state index is 0.311. The molecular weight excluding hydrogens is 333 g/mol. The van der Waals surface area contributed by atoms with E-state index in [9.17, 15) is 4.39 Å². The molecule has 1 heterocycles. The number of nitrogens with two attached hydrogens (primary N) is 1. The summed E-state index contributed by atoms with van der Waals surface area (Å²) in [5, 5.41) is 4.38. The molecule has 0 saturated heterocycles. The number of anilines is 1. The lowest BCUT2D eigenvalue weighted by atomic mass is 10.0. The van der Waals surface area contributed by atoms with Crippen molar-refractivity contribution in [2.24, 2.45) is 7.05 Å². The Morgan fingerprint density at radius 2 is 1.76 bits per heavy atom. The first-order valence-electron chi connectivity index (χ1n) is 6.41. The van der Waals surface area contributed by atoms with Crippen molar-refractivity contribution >= 4 is 21.7 Å². The van der Waals surface area contributed by atoms with Crippen LogP contribution in [-0.2, 0) is 7.05 Å². The van der Waals surface area contributed by atoms with E-state index in [4.69, 9.17) is 5.73 Å². The topological polar surface area (TPSA) is 43.8 Å². The standard InChI is InChI=1S/C16H13BrFN3/c1-21-16(19)14(10-6-8-11(17)9-7-10)15(20-21)12-4-2-3-5-13(12)18/h2-9H,19H2,1H3. The third kappa shape index (κ3) is 2.45. The molecule has 3 aromatic rings. The molecule has 0 unspecified atom stereocenters. The number of aromatic nitrogens is 2. The number of halogens is 2. The highest BCUT2D eigenvalue weighted by molar-refractivity contribution is 9.10. The fourth-order valence-corrected chi connectivity index (χ4v) is 2.54. The van der Waals surface area contributed by atoms with Gasteiger partial charge in [-0.2, -0.15) is 5.10 Å². The molecule has 0 radical (unpaired) electrons. The number of nitrogens with zero attached hydrogens (tertiary/aromatic N) is 2. The predicted octanol–water partition coefficient (Wildman–Crippen LogP) is 4.24.